The van der Waals surface area contributed by atoms with Gasteiger partial charge in [0.05, 0.1) is 25.7 Å². The first-order valence-electron chi connectivity index (χ1n) is 19.6. The summed E-state index contributed by atoms with van der Waals surface area (Å²) >= 11 is 0. The van der Waals surface area contributed by atoms with Gasteiger partial charge in [-0.05, 0) is 138 Å². The zero-order chi connectivity index (χ0) is 37.0. The average molecular weight is 812 g/mol. The lowest BCUT2D eigenvalue weighted by atomic mass is 9.50. The van der Waals surface area contributed by atoms with Crippen molar-refractivity contribution in [1.29, 1.82) is 0 Å². The molecule has 9 heteroatoms. The van der Waals surface area contributed by atoms with Crippen LogP contribution in [0.3, 0.4) is 0 Å². The van der Waals surface area contributed by atoms with E-state index in [1.54, 1.807) is 12.3 Å². The Bertz CT molecular complexity index is 2620. The first-order chi connectivity index (χ1) is 27.0. The summed E-state index contributed by atoms with van der Waals surface area (Å²) in [5.41, 5.74) is 5.62. The van der Waals surface area contributed by atoms with E-state index in [2.05, 4.69) is 41.7 Å². The van der Waals surface area contributed by atoms with Crippen LogP contribution in [-0.4, -0.2) is 19.6 Å². The van der Waals surface area contributed by atoms with E-state index in [1.807, 2.05) is 66.5 Å². The van der Waals surface area contributed by atoms with Gasteiger partial charge in [0.1, 0.15) is 5.75 Å². The van der Waals surface area contributed by atoms with Crippen molar-refractivity contribution < 1.29 is 44.7 Å². The van der Waals surface area contributed by atoms with Crippen molar-refractivity contribution in [3.63, 3.8) is 0 Å². The molecule has 0 aliphatic heterocycles. The van der Waals surface area contributed by atoms with Gasteiger partial charge in [-0.1, -0.05) is 24.3 Å². The fourth-order valence-corrected chi connectivity index (χ4v) is 10.2. The smallest absolute Gasteiger partial charge is 0.336 e. The number of hydrogen-bond acceptors (Lipinski definition) is 6. The molecule has 4 aromatic carbocycles. The Labute approximate surface area is 335 Å². The molecule has 7 aromatic rings. The Balaban J connectivity index is 0.00000410. The number of carbonyl (C=O) groups is 1. The topological polar surface area (TPSA) is 94.8 Å². The zero-order valence-corrected chi connectivity index (χ0v) is 32.8. The Kier molecular flexibility index (Phi) is 9.65. The van der Waals surface area contributed by atoms with Gasteiger partial charge in [-0.25, -0.2) is 9.36 Å². The van der Waals surface area contributed by atoms with Crippen molar-refractivity contribution >= 4 is 44.3 Å². The lowest BCUT2D eigenvalue weighted by Gasteiger charge is -2.54. The molecular formula is C47H43BrN2O6. The molecule has 0 saturated heterocycles. The highest BCUT2D eigenvalue weighted by Crippen LogP contribution is 2.61. The molecule has 4 aliphatic rings. The Hall–Kier alpha value is -5.41. The SMILES string of the molecule is COc1ccc(-c2ccc3cc(C(=O)Nc4cc[n+](CCCOc5c6occc6cc6ccc(=O)oc56)cc4)ccc3c2)cc1C1C2CC3CC(C2)CC1C3.[Br-]. The summed E-state index contributed by atoms with van der Waals surface area (Å²) in [6.45, 7) is 1.09. The highest BCUT2D eigenvalue weighted by Gasteiger charge is 2.49. The molecular weight excluding hydrogens is 768 g/mol. The number of furan rings is 1. The van der Waals surface area contributed by atoms with Gasteiger partial charge >= 0.3 is 5.63 Å². The van der Waals surface area contributed by atoms with Gasteiger partial charge in [-0.2, -0.15) is 0 Å². The zero-order valence-electron chi connectivity index (χ0n) is 31.2. The molecule has 4 fully saturated rings. The number of methoxy groups -OCH3 is 1. The van der Waals surface area contributed by atoms with Crippen LogP contribution in [0.15, 0.2) is 123 Å². The van der Waals surface area contributed by atoms with E-state index in [0.29, 0.717) is 53.7 Å². The number of hydrogen-bond donors (Lipinski definition) is 1. The normalized spacial score (nSPS) is 21.0. The van der Waals surface area contributed by atoms with Crippen LogP contribution in [0.25, 0.3) is 43.8 Å². The van der Waals surface area contributed by atoms with E-state index in [-0.39, 0.29) is 22.9 Å². The molecule has 4 aliphatic carbocycles. The summed E-state index contributed by atoms with van der Waals surface area (Å²) in [6.07, 6.45) is 13.2. The van der Waals surface area contributed by atoms with Crippen LogP contribution < -0.4 is 42.0 Å². The number of aromatic nitrogens is 1. The second kappa shape index (κ2) is 14.9. The third kappa shape index (κ3) is 6.76. The Morgan fingerprint density at radius 3 is 2.25 bits per heavy atom. The number of ether oxygens (including phenoxy) is 2. The summed E-state index contributed by atoms with van der Waals surface area (Å²) < 4.78 is 25.2. The second-order valence-corrected chi connectivity index (χ2v) is 15.9. The first kappa shape index (κ1) is 36.2. The highest BCUT2D eigenvalue weighted by atomic mass is 79.9. The molecule has 4 saturated carbocycles. The van der Waals surface area contributed by atoms with Gasteiger partial charge in [0.15, 0.2) is 30.1 Å². The first-order valence-corrected chi connectivity index (χ1v) is 19.6. The monoisotopic (exact) mass is 810 g/mol. The third-order valence-electron chi connectivity index (χ3n) is 12.5. The summed E-state index contributed by atoms with van der Waals surface area (Å²) in [7, 11) is 1.81. The van der Waals surface area contributed by atoms with Crippen molar-refractivity contribution in [3.05, 3.63) is 131 Å². The van der Waals surface area contributed by atoms with Gasteiger partial charge < -0.3 is 40.6 Å². The lowest BCUT2D eigenvalue weighted by Crippen LogP contribution is -3.00. The van der Waals surface area contributed by atoms with E-state index < -0.39 is 5.63 Å². The van der Waals surface area contributed by atoms with Crippen LogP contribution in [0.2, 0.25) is 0 Å². The molecule has 284 valence electrons. The van der Waals surface area contributed by atoms with E-state index in [0.717, 1.165) is 51.0 Å². The standard InChI is InChI=1S/C47H42N2O6.BrH/c1-52-41-9-7-33(27-40(41)43-37-20-28-19-29(22-37)23-38(43)21-28)31-3-4-32-25-36(6-5-30(32)24-31)47(51)48-39-11-15-49(16-12-39)14-2-17-53-46-44-35(13-18-54-44)26-34-8-10-42(50)55-45(34)46;/h3-13,15-16,18,24-29,37-38,43H,2,14,17,19-23H2,1H3;1H. The summed E-state index contributed by atoms with van der Waals surface area (Å²) in [5.74, 6) is 5.36. The van der Waals surface area contributed by atoms with Gasteiger partial charge in [0.25, 0.3) is 5.91 Å². The van der Waals surface area contributed by atoms with Crippen molar-refractivity contribution in [3.8, 4) is 22.6 Å². The number of anilines is 1. The number of amides is 1. The van der Waals surface area contributed by atoms with Gasteiger partial charge in [-0.15, -0.1) is 0 Å². The quantitative estimate of drug-likeness (QED) is 0.0917. The number of nitrogens with zero attached hydrogens (tertiary/aromatic N) is 1. The number of nitrogens with one attached hydrogen (secondary N) is 1. The maximum Gasteiger partial charge on any atom is 0.336 e. The van der Waals surface area contributed by atoms with Crippen molar-refractivity contribution in [2.45, 2.75) is 51.0 Å². The van der Waals surface area contributed by atoms with Gasteiger partial charge in [0, 0.05) is 41.0 Å². The number of carbonyl (C=O) groups excluding carboxylic acids is 1. The predicted molar refractivity (Wildman–Crippen MR) is 213 cm³/mol. The second-order valence-electron chi connectivity index (χ2n) is 15.9. The molecule has 3 heterocycles. The molecule has 4 bridgehead atoms. The van der Waals surface area contributed by atoms with Crippen LogP contribution in [0.4, 0.5) is 5.69 Å². The largest absolute Gasteiger partial charge is 1.00 e. The number of fused-ring (bicyclic) bond motifs is 3. The summed E-state index contributed by atoms with van der Waals surface area (Å²) in [5, 5.41) is 6.83. The Morgan fingerprint density at radius 1 is 0.768 bits per heavy atom. The molecule has 0 radical (unpaired) electrons. The van der Waals surface area contributed by atoms with Crippen LogP contribution in [0, 0.1) is 23.7 Å². The average Bonchev–Trinajstić information content (AvgIpc) is 3.67. The predicted octanol–water partition coefficient (Wildman–Crippen LogP) is 6.92. The number of benzene rings is 4. The molecule has 0 atom stereocenters. The number of pyridine rings is 1. The fourth-order valence-electron chi connectivity index (χ4n) is 10.2. The molecule has 0 spiro atoms. The van der Waals surface area contributed by atoms with Crippen LogP contribution in [0.5, 0.6) is 11.5 Å². The van der Waals surface area contributed by atoms with E-state index in [1.165, 1.54) is 54.9 Å². The third-order valence-corrected chi connectivity index (χ3v) is 12.5. The minimum absolute atomic E-state index is 0. The molecule has 1 N–H and O–H groups in total. The van der Waals surface area contributed by atoms with Crippen LogP contribution in [0.1, 0.15) is 60.4 Å². The maximum absolute atomic E-state index is 13.3. The van der Waals surface area contributed by atoms with E-state index >= 15 is 0 Å². The molecule has 0 unspecified atom stereocenters. The minimum Gasteiger partial charge on any atom is -1.00 e. The highest BCUT2D eigenvalue weighted by molar-refractivity contribution is 6.06. The lowest BCUT2D eigenvalue weighted by molar-refractivity contribution is -0.697. The molecule has 11 rings (SSSR count). The summed E-state index contributed by atoms with van der Waals surface area (Å²) in [6, 6.07) is 29.9. The van der Waals surface area contributed by atoms with Gasteiger partial charge in [0.2, 0.25) is 5.75 Å². The number of halogens is 1. The van der Waals surface area contributed by atoms with Crippen molar-refractivity contribution in [2.24, 2.45) is 23.7 Å². The van der Waals surface area contributed by atoms with E-state index in [9.17, 15) is 9.59 Å². The Morgan fingerprint density at radius 2 is 1.46 bits per heavy atom. The number of rotatable bonds is 10. The summed E-state index contributed by atoms with van der Waals surface area (Å²) in [4.78, 5) is 25.3. The number of aryl methyl sites for hydroxylation is 1. The molecule has 3 aromatic heterocycles. The van der Waals surface area contributed by atoms with Crippen LogP contribution in [-0.2, 0) is 6.54 Å². The molecule has 1 amide bonds. The molecule has 56 heavy (non-hydrogen) atoms. The van der Waals surface area contributed by atoms with Crippen LogP contribution >= 0.6 is 0 Å². The maximum atomic E-state index is 13.3. The van der Waals surface area contributed by atoms with Crippen molar-refractivity contribution in [1.82, 2.24) is 0 Å². The van der Waals surface area contributed by atoms with Crippen molar-refractivity contribution in [2.75, 3.05) is 19.0 Å². The minimum atomic E-state index is -0.439. The van der Waals surface area contributed by atoms with E-state index in [4.69, 9.17) is 18.3 Å². The molecule has 8 nitrogen and oxygen atoms in total. The fraction of sp³-hybridized carbons (Fsp3) is 0.298. The van der Waals surface area contributed by atoms with Gasteiger partial charge in [-0.3, -0.25) is 4.79 Å².